The van der Waals surface area contributed by atoms with Crippen LogP contribution in [-0.2, 0) is 21.5 Å². The number of rotatable bonds is 10. The smallest absolute Gasteiger partial charge is 0.261 e. The lowest BCUT2D eigenvalue weighted by atomic mass is 9.87. The Hall–Kier alpha value is -1.86. The first-order chi connectivity index (χ1) is 15.5. The van der Waals surface area contributed by atoms with Crippen LogP contribution in [0.1, 0.15) is 58.6 Å². The summed E-state index contributed by atoms with van der Waals surface area (Å²) in [5, 5.41) is 2.93. The molecule has 7 heteroatoms. The average molecular weight is 582 g/mol. The third kappa shape index (κ3) is 8.45. The molecule has 0 fully saturated rings. The highest BCUT2D eigenvalue weighted by Crippen LogP contribution is 2.31. The van der Waals surface area contributed by atoms with Crippen LogP contribution in [0.2, 0.25) is 0 Å². The maximum absolute atomic E-state index is 13.2. The Morgan fingerprint density at radius 3 is 2.33 bits per heavy atom. The molecule has 0 spiro atoms. The van der Waals surface area contributed by atoms with Gasteiger partial charge in [0.1, 0.15) is 11.8 Å². The molecule has 0 heterocycles. The first-order valence-corrected chi connectivity index (χ1v) is 12.9. The number of halogens is 2. The zero-order valence-corrected chi connectivity index (χ0v) is 23.3. The Morgan fingerprint density at radius 2 is 1.76 bits per heavy atom. The second-order valence-corrected chi connectivity index (χ2v) is 10.9. The molecule has 0 unspecified atom stereocenters. The van der Waals surface area contributed by atoms with Gasteiger partial charge >= 0.3 is 0 Å². The van der Waals surface area contributed by atoms with Crippen molar-refractivity contribution in [3.8, 4) is 5.75 Å². The molecule has 5 nitrogen and oxygen atoms in total. The topological polar surface area (TPSA) is 58.6 Å². The van der Waals surface area contributed by atoms with Gasteiger partial charge in [-0.25, -0.2) is 0 Å². The summed E-state index contributed by atoms with van der Waals surface area (Å²) in [6.45, 7) is 11.0. The van der Waals surface area contributed by atoms with Crippen molar-refractivity contribution in [1.82, 2.24) is 10.2 Å². The van der Waals surface area contributed by atoms with Crippen LogP contribution in [0.5, 0.6) is 5.75 Å². The lowest BCUT2D eigenvalue weighted by molar-refractivity contribution is -0.142. The lowest BCUT2D eigenvalue weighted by Crippen LogP contribution is -2.49. The number of nitrogens with one attached hydrogen (secondary N) is 1. The molecule has 0 radical (unpaired) electrons. The Kier molecular flexibility index (Phi) is 10.4. The third-order valence-corrected chi connectivity index (χ3v) is 6.56. The normalized spacial score (nSPS) is 12.2. The van der Waals surface area contributed by atoms with E-state index in [4.69, 9.17) is 4.74 Å². The van der Waals surface area contributed by atoms with Gasteiger partial charge in [0, 0.05) is 17.6 Å². The molecule has 0 aromatic heterocycles. The maximum Gasteiger partial charge on any atom is 0.261 e. The molecular weight excluding hydrogens is 548 g/mol. The van der Waals surface area contributed by atoms with E-state index >= 15 is 0 Å². The molecule has 2 amide bonds. The van der Waals surface area contributed by atoms with E-state index in [0.717, 1.165) is 27.4 Å². The van der Waals surface area contributed by atoms with Crippen LogP contribution in [0.3, 0.4) is 0 Å². The van der Waals surface area contributed by atoms with Crippen molar-refractivity contribution in [3.05, 3.63) is 62.5 Å². The molecule has 2 rings (SSSR count). The summed E-state index contributed by atoms with van der Waals surface area (Å²) < 4.78 is 7.61. The SMILES string of the molecule is CCCCNC(=O)[C@H](C)N(Cc1ccc(Br)cc1)C(=O)COc1ccc(C(C)(C)C)cc1Br. The van der Waals surface area contributed by atoms with Crippen LogP contribution in [0.4, 0.5) is 0 Å². The molecule has 0 saturated heterocycles. The number of carbonyl (C=O) groups excluding carboxylic acids is 2. The zero-order chi connectivity index (χ0) is 24.6. The van der Waals surface area contributed by atoms with Crippen molar-refractivity contribution in [3.63, 3.8) is 0 Å². The summed E-state index contributed by atoms with van der Waals surface area (Å²) in [4.78, 5) is 27.5. The number of carbonyl (C=O) groups is 2. The van der Waals surface area contributed by atoms with E-state index in [1.165, 1.54) is 5.56 Å². The summed E-state index contributed by atoms with van der Waals surface area (Å²) in [5.41, 5.74) is 2.12. The summed E-state index contributed by atoms with van der Waals surface area (Å²) >= 11 is 6.99. The highest BCUT2D eigenvalue weighted by Gasteiger charge is 2.26. The second-order valence-electron chi connectivity index (χ2n) is 9.15. The third-order valence-electron chi connectivity index (χ3n) is 5.41. The van der Waals surface area contributed by atoms with E-state index < -0.39 is 6.04 Å². The quantitative estimate of drug-likeness (QED) is 0.339. The van der Waals surface area contributed by atoms with Crippen LogP contribution < -0.4 is 10.1 Å². The second kappa shape index (κ2) is 12.6. The fourth-order valence-electron chi connectivity index (χ4n) is 3.21. The van der Waals surface area contributed by atoms with Crippen LogP contribution in [0.15, 0.2) is 51.4 Å². The first kappa shape index (κ1) is 27.4. The van der Waals surface area contributed by atoms with E-state index in [2.05, 4.69) is 64.9 Å². The number of benzene rings is 2. The van der Waals surface area contributed by atoms with E-state index in [1.54, 1.807) is 11.8 Å². The predicted molar refractivity (Wildman–Crippen MR) is 140 cm³/mol. The average Bonchev–Trinajstić information content (AvgIpc) is 2.76. The molecule has 0 bridgehead atoms. The van der Waals surface area contributed by atoms with Crippen LogP contribution in [-0.4, -0.2) is 35.9 Å². The number of hydrogen-bond acceptors (Lipinski definition) is 3. The Balaban J connectivity index is 2.15. The van der Waals surface area contributed by atoms with Gasteiger partial charge in [0.05, 0.1) is 4.47 Å². The number of amides is 2. The van der Waals surface area contributed by atoms with Gasteiger partial charge in [0.2, 0.25) is 5.91 Å². The number of ether oxygens (including phenoxy) is 1. The van der Waals surface area contributed by atoms with E-state index in [0.29, 0.717) is 18.8 Å². The van der Waals surface area contributed by atoms with Crippen molar-refractivity contribution in [2.24, 2.45) is 0 Å². The lowest BCUT2D eigenvalue weighted by Gasteiger charge is -2.29. The predicted octanol–water partition coefficient (Wildman–Crippen LogP) is 6.22. The minimum absolute atomic E-state index is 0.0128. The molecule has 1 atom stereocenters. The van der Waals surface area contributed by atoms with Gasteiger partial charge in [-0.05, 0) is 70.1 Å². The van der Waals surface area contributed by atoms with Crippen molar-refractivity contribution in [1.29, 1.82) is 0 Å². The fourth-order valence-corrected chi connectivity index (χ4v) is 3.97. The Labute approximate surface area is 214 Å². The molecule has 1 N–H and O–H groups in total. The molecule has 0 aliphatic carbocycles. The van der Waals surface area contributed by atoms with Crippen LogP contribution >= 0.6 is 31.9 Å². The molecule has 33 heavy (non-hydrogen) atoms. The largest absolute Gasteiger partial charge is 0.483 e. The van der Waals surface area contributed by atoms with Crippen molar-refractivity contribution in [2.45, 2.75) is 65.5 Å². The molecule has 2 aromatic carbocycles. The van der Waals surface area contributed by atoms with Crippen LogP contribution in [0, 0.1) is 0 Å². The maximum atomic E-state index is 13.2. The van der Waals surface area contributed by atoms with Gasteiger partial charge in [-0.15, -0.1) is 0 Å². The zero-order valence-electron chi connectivity index (χ0n) is 20.1. The summed E-state index contributed by atoms with van der Waals surface area (Å²) in [5.74, 6) is 0.187. The van der Waals surface area contributed by atoms with Gasteiger partial charge in [-0.3, -0.25) is 9.59 Å². The summed E-state index contributed by atoms with van der Waals surface area (Å²) in [6, 6.07) is 13.0. The molecule has 0 aliphatic heterocycles. The standard InChI is InChI=1S/C26H34Br2N2O3/c1-6-7-14-29-25(32)18(2)30(16-19-8-11-21(27)12-9-19)24(31)17-33-23-13-10-20(15-22(23)28)26(3,4)5/h8-13,15,18H,6-7,14,16-17H2,1-5H3,(H,29,32)/t18-/m0/s1. The highest BCUT2D eigenvalue weighted by atomic mass is 79.9. The van der Waals surface area contributed by atoms with E-state index in [-0.39, 0.29) is 23.8 Å². The van der Waals surface area contributed by atoms with Crippen LogP contribution in [0.25, 0.3) is 0 Å². The van der Waals surface area contributed by atoms with Gasteiger partial charge in [-0.1, -0.05) is 68.2 Å². The van der Waals surface area contributed by atoms with Gasteiger partial charge < -0.3 is 15.0 Å². The minimum Gasteiger partial charge on any atom is -0.483 e. The Morgan fingerprint density at radius 1 is 1.09 bits per heavy atom. The summed E-state index contributed by atoms with van der Waals surface area (Å²) in [6.07, 6.45) is 1.90. The van der Waals surface area contributed by atoms with E-state index in [9.17, 15) is 9.59 Å². The van der Waals surface area contributed by atoms with Crippen molar-refractivity contribution >= 4 is 43.7 Å². The van der Waals surface area contributed by atoms with Gasteiger partial charge in [0.15, 0.2) is 6.61 Å². The van der Waals surface area contributed by atoms with Gasteiger partial charge in [0.25, 0.3) is 5.91 Å². The Bertz CT molecular complexity index is 940. The molecule has 0 saturated carbocycles. The molecule has 2 aromatic rings. The van der Waals surface area contributed by atoms with E-state index in [1.807, 2.05) is 42.5 Å². The first-order valence-electron chi connectivity index (χ1n) is 11.3. The monoisotopic (exact) mass is 580 g/mol. The summed E-state index contributed by atoms with van der Waals surface area (Å²) in [7, 11) is 0. The minimum atomic E-state index is -0.617. The highest BCUT2D eigenvalue weighted by molar-refractivity contribution is 9.10. The molecule has 180 valence electrons. The fraction of sp³-hybridized carbons (Fsp3) is 0.462. The van der Waals surface area contributed by atoms with Gasteiger partial charge in [-0.2, -0.15) is 0 Å². The molecule has 0 aliphatic rings. The number of hydrogen-bond donors (Lipinski definition) is 1. The molecular formula is C26H34Br2N2O3. The van der Waals surface area contributed by atoms with Crippen molar-refractivity contribution < 1.29 is 14.3 Å². The number of unbranched alkanes of at least 4 members (excludes halogenated alkanes) is 1. The van der Waals surface area contributed by atoms with Crippen molar-refractivity contribution in [2.75, 3.05) is 13.2 Å². The number of nitrogens with zero attached hydrogens (tertiary/aromatic N) is 1.